The van der Waals surface area contributed by atoms with Crippen molar-refractivity contribution in [2.45, 2.75) is 26.2 Å². The molecule has 0 heterocycles. The molecule has 0 amide bonds. The van der Waals surface area contributed by atoms with Gasteiger partial charge in [-0.25, -0.2) is 0 Å². The summed E-state index contributed by atoms with van der Waals surface area (Å²) in [5, 5.41) is 9.84. The van der Waals surface area contributed by atoms with E-state index in [0.29, 0.717) is 6.61 Å². The van der Waals surface area contributed by atoms with E-state index in [1.54, 1.807) is 0 Å². The zero-order valence-corrected chi connectivity index (χ0v) is 7.41. The summed E-state index contributed by atoms with van der Waals surface area (Å²) in [6.07, 6.45) is 3.29. The molecule has 0 rings (SSSR count). The Kier molecular flexibility index (Phi) is 7.94. The van der Waals surface area contributed by atoms with E-state index < -0.39 is 0 Å². The summed E-state index contributed by atoms with van der Waals surface area (Å²) in [6, 6.07) is 0. The molecule has 5 nitrogen and oxygen atoms in total. The van der Waals surface area contributed by atoms with Crippen molar-refractivity contribution in [1.29, 1.82) is 0 Å². The van der Waals surface area contributed by atoms with Crippen LogP contribution in [0.2, 0.25) is 0 Å². The third kappa shape index (κ3) is 9.32. The standard InChI is InChI=1S/C7H16N2O3/c1-2-3-4-7-12-8-5-6-9(10)11/h8H,2-7H2,1H3. The van der Waals surface area contributed by atoms with Crippen LogP contribution in [0.1, 0.15) is 26.2 Å². The minimum absolute atomic E-state index is 0.0895. The molecular formula is C7H16N2O3. The van der Waals surface area contributed by atoms with Crippen LogP contribution in [0, 0.1) is 10.1 Å². The minimum atomic E-state index is -0.373. The lowest BCUT2D eigenvalue weighted by Crippen LogP contribution is -2.22. The fourth-order valence-electron chi connectivity index (χ4n) is 0.705. The van der Waals surface area contributed by atoms with Gasteiger partial charge in [-0.3, -0.25) is 10.1 Å². The number of hydroxylamine groups is 1. The van der Waals surface area contributed by atoms with Gasteiger partial charge in [0.1, 0.15) is 0 Å². The van der Waals surface area contributed by atoms with Gasteiger partial charge in [-0.1, -0.05) is 19.8 Å². The molecule has 5 heteroatoms. The third-order valence-corrected chi connectivity index (χ3v) is 1.35. The van der Waals surface area contributed by atoms with E-state index in [4.69, 9.17) is 4.84 Å². The fourth-order valence-corrected chi connectivity index (χ4v) is 0.705. The van der Waals surface area contributed by atoms with Crippen LogP contribution in [0.15, 0.2) is 0 Å². The largest absolute Gasteiger partial charge is 0.302 e. The van der Waals surface area contributed by atoms with E-state index in [1.165, 1.54) is 0 Å². The van der Waals surface area contributed by atoms with Crippen LogP contribution >= 0.6 is 0 Å². The molecule has 0 aromatic heterocycles. The van der Waals surface area contributed by atoms with Crippen molar-refractivity contribution in [3.8, 4) is 0 Å². The minimum Gasteiger partial charge on any atom is -0.302 e. The number of nitro groups is 1. The molecule has 0 saturated heterocycles. The summed E-state index contributed by atoms with van der Waals surface area (Å²) in [5.41, 5.74) is 2.53. The molecule has 0 atom stereocenters. The molecule has 0 saturated carbocycles. The quantitative estimate of drug-likeness (QED) is 0.340. The van der Waals surface area contributed by atoms with Crippen LogP contribution in [0.25, 0.3) is 0 Å². The SMILES string of the molecule is CCCCCONCC[N+](=O)[O-]. The molecule has 0 aromatic carbocycles. The maximum Gasteiger partial charge on any atom is 0.218 e. The first-order chi connectivity index (χ1) is 5.77. The molecule has 0 aliphatic heterocycles. The van der Waals surface area contributed by atoms with Crippen molar-refractivity contribution in [2.24, 2.45) is 0 Å². The smallest absolute Gasteiger partial charge is 0.218 e. The van der Waals surface area contributed by atoms with Crippen LogP contribution in [-0.2, 0) is 4.84 Å². The zero-order chi connectivity index (χ0) is 9.23. The first-order valence-electron chi connectivity index (χ1n) is 4.23. The van der Waals surface area contributed by atoms with Crippen LogP contribution in [-0.4, -0.2) is 24.6 Å². The predicted molar refractivity (Wildman–Crippen MR) is 45.3 cm³/mol. The van der Waals surface area contributed by atoms with Crippen molar-refractivity contribution in [2.75, 3.05) is 19.7 Å². The average molecular weight is 176 g/mol. The van der Waals surface area contributed by atoms with Gasteiger partial charge < -0.3 is 4.84 Å². The monoisotopic (exact) mass is 176 g/mol. The van der Waals surface area contributed by atoms with Gasteiger partial charge in [-0.15, -0.1) is 0 Å². The molecule has 0 aliphatic rings. The van der Waals surface area contributed by atoms with Crippen molar-refractivity contribution in [3.05, 3.63) is 10.1 Å². The lowest BCUT2D eigenvalue weighted by molar-refractivity contribution is -0.479. The Labute approximate surface area is 72.2 Å². The molecule has 12 heavy (non-hydrogen) atoms. The van der Waals surface area contributed by atoms with E-state index >= 15 is 0 Å². The van der Waals surface area contributed by atoms with Crippen molar-refractivity contribution in [1.82, 2.24) is 5.48 Å². The van der Waals surface area contributed by atoms with Crippen LogP contribution < -0.4 is 5.48 Å². The van der Waals surface area contributed by atoms with Crippen LogP contribution in [0.3, 0.4) is 0 Å². The van der Waals surface area contributed by atoms with Crippen molar-refractivity contribution in [3.63, 3.8) is 0 Å². The Hall–Kier alpha value is -0.680. The Bertz CT molecular complexity index is 119. The first kappa shape index (κ1) is 11.3. The summed E-state index contributed by atoms with van der Waals surface area (Å²) in [5.74, 6) is 0. The van der Waals surface area contributed by atoms with Crippen molar-refractivity contribution >= 4 is 0 Å². The van der Waals surface area contributed by atoms with E-state index in [2.05, 4.69) is 12.4 Å². The lowest BCUT2D eigenvalue weighted by atomic mass is 10.3. The molecule has 0 aromatic rings. The van der Waals surface area contributed by atoms with Gasteiger partial charge in [0.2, 0.25) is 6.54 Å². The maximum atomic E-state index is 9.84. The molecular weight excluding hydrogens is 160 g/mol. The van der Waals surface area contributed by atoms with Gasteiger partial charge in [-0.05, 0) is 6.42 Å². The van der Waals surface area contributed by atoms with Gasteiger partial charge >= 0.3 is 0 Å². The second-order valence-electron chi connectivity index (χ2n) is 2.51. The zero-order valence-electron chi connectivity index (χ0n) is 7.41. The number of hydrogen-bond acceptors (Lipinski definition) is 4. The van der Waals surface area contributed by atoms with Crippen LogP contribution in [0.4, 0.5) is 0 Å². The van der Waals surface area contributed by atoms with E-state index in [1.807, 2.05) is 0 Å². The number of hydrogen-bond donors (Lipinski definition) is 1. The normalized spacial score (nSPS) is 10.1. The summed E-state index contributed by atoms with van der Waals surface area (Å²) in [7, 11) is 0. The Morgan fingerprint density at radius 2 is 2.25 bits per heavy atom. The highest BCUT2D eigenvalue weighted by Gasteiger charge is 1.94. The highest BCUT2D eigenvalue weighted by molar-refractivity contribution is 4.35. The Morgan fingerprint density at radius 1 is 1.50 bits per heavy atom. The van der Waals surface area contributed by atoms with Gasteiger partial charge in [-0.2, -0.15) is 5.48 Å². The van der Waals surface area contributed by atoms with E-state index in [-0.39, 0.29) is 18.0 Å². The van der Waals surface area contributed by atoms with Crippen LogP contribution in [0.5, 0.6) is 0 Å². The van der Waals surface area contributed by atoms with Gasteiger partial charge in [0, 0.05) is 4.92 Å². The molecule has 1 N–H and O–H groups in total. The first-order valence-corrected chi connectivity index (χ1v) is 4.23. The number of rotatable bonds is 8. The highest BCUT2D eigenvalue weighted by atomic mass is 16.6. The summed E-state index contributed by atoms with van der Waals surface area (Å²) in [6.45, 7) is 2.93. The molecule has 0 radical (unpaired) electrons. The van der Waals surface area contributed by atoms with Gasteiger partial charge in [0.15, 0.2) is 0 Å². The average Bonchev–Trinajstić information content (AvgIpc) is 2.02. The van der Waals surface area contributed by atoms with E-state index in [0.717, 1.165) is 19.3 Å². The Balaban J connectivity index is 2.86. The van der Waals surface area contributed by atoms with E-state index in [9.17, 15) is 10.1 Å². The maximum absolute atomic E-state index is 9.84. The second kappa shape index (κ2) is 8.42. The lowest BCUT2D eigenvalue weighted by Gasteiger charge is -2.01. The Morgan fingerprint density at radius 3 is 2.83 bits per heavy atom. The second-order valence-corrected chi connectivity index (χ2v) is 2.51. The molecule has 0 bridgehead atoms. The molecule has 0 spiro atoms. The van der Waals surface area contributed by atoms with Crippen molar-refractivity contribution < 1.29 is 9.76 Å². The highest BCUT2D eigenvalue weighted by Crippen LogP contribution is 1.92. The molecule has 0 aliphatic carbocycles. The number of nitrogens with zero attached hydrogens (tertiary/aromatic N) is 1. The fraction of sp³-hybridized carbons (Fsp3) is 1.00. The predicted octanol–water partition coefficient (Wildman–Crippen LogP) is 0.975. The molecule has 0 unspecified atom stereocenters. The van der Waals surface area contributed by atoms with Gasteiger partial charge in [0.25, 0.3) is 0 Å². The molecule has 0 fully saturated rings. The third-order valence-electron chi connectivity index (χ3n) is 1.35. The summed E-state index contributed by atoms with van der Waals surface area (Å²) in [4.78, 5) is 14.4. The molecule has 72 valence electrons. The number of unbranched alkanes of at least 4 members (excludes halogenated alkanes) is 2. The number of nitrogens with one attached hydrogen (secondary N) is 1. The summed E-state index contributed by atoms with van der Waals surface area (Å²) < 4.78 is 0. The summed E-state index contributed by atoms with van der Waals surface area (Å²) >= 11 is 0. The van der Waals surface area contributed by atoms with Gasteiger partial charge in [0.05, 0.1) is 13.2 Å². The topological polar surface area (TPSA) is 64.4 Å².